The number of hydrogen-bond acceptors (Lipinski definition) is 5. The van der Waals surface area contributed by atoms with Crippen LogP contribution >= 0.6 is 0 Å². The minimum Gasteiger partial charge on any atom is -0.394 e. The van der Waals surface area contributed by atoms with Crippen LogP contribution in [0.15, 0.2) is 11.6 Å². The maximum Gasteiger partial charge on any atom is 0.0793 e. The Kier molecular flexibility index (Phi) is 4.94. The number of fused-ring (bicyclic) bond motifs is 6. The first kappa shape index (κ1) is 23.4. The maximum atomic E-state index is 10.4. The van der Waals surface area contributed by atoms with E-state index < -0.39 is 0 Å². The van der Waals surface area contributed by atoms with Gasteiger partial charge < -0.3 is 19.7 Å². The van der Waals surface area contributed by atoms with Gasteiger partial charge in [0, 0.05) is 30.5 Å². The number of ether oxygens (including phenoxy) is 2. The SMILES string of the molecule is C[C@H]1C[C@H]2O[C@@]34CC[C@H]5[C@@H]6CCC7=C[C@@H](O)CC[C@]7(C)[C@H]6CC56CC63C[C@@H]4C2N(CCOCCO)C1. The van der Waals surface area contributed by atoms with E-state index in [1.165, 1.54) is 64.3 Å². The standard InChI is InChI=1S/C31H47NO4/c1-19-13-26-27(32(17-19)9-11-35-12-10-33)25-16-30-18-29(30)15-24-22(23(29)6-8-31(25,30)36-26)4-3-20-14-21(34)5-7-28(20,24)2/h14,19,21-27,33-34H,3-13,15-18H2,1-2H3/t19-,21-,22-,23-,24-,25+,26+,27?,28-,29?,30?,31+/m0/s1. The molecule has 0 radical (unpaired) electrons. The van der Waals surface area contributed by atoms with Crippen LogP contribution in [0.5, 0.6) is 0 Å². The predicted molar refractivity (Wildman–Crippen MR) is 137 cm³/mol. The first-order valence-electron chi connectivity index (χ1n) is 15.4. The van der Waals surface area contributed by atoms with Gasteiger partial charge in [-0.05, 0) is 98.7 Å². The summed E-state index contributed by atoms with van der Waals surface area (Å²) in [5.74, 6) is 4.05. The molecule has 2 saturated heterocycles. The van der Waals surface area contributed by atoms with Crippen molar-refractivity contribution in [2.24, 2.45) is 45.8 Å². The smallest absolute Gasteiger partial charge is 0.0793 e. The fourth-order valence-electron chi connectivity index (χ4n) is 12.5. The fourth-order valence-corrected chi connectivity index (χ4v) is 12.5. The second-order valence-corrected chi connectivity index (χ2v) is 14.8. The number of aliphatic hydroxyl groups excluding tert-OH is 2. The van der Waals surface area contributed by atoms with E-state index in [4.69, 9.17) is 14.6 Å². The summed E-state index contributed by atoms with van der Waals surface area (Å²) in [5.41, 5.74) is 3.12. The molecule has 0 aromatic heterocycles. The molecular formula is C31H47NO4. The Bertz CT molecular complexity index is 968. The number of piperidine rings is 1. The average molecular weight is 498 g/mol. The number of allylic oxidation sites excluding steroid dienone is 1. The van der Waals surface area contributed by atoms with Crippen molar-refractivity contribution < 1.29 is 19.7 Å². The van der Waals surface area contributed by atoms with Crippen molar-refractivity contribution in [1.82, 2.24) is 4.90 Å². The van der Waals surface area contributed by atoms with Crippen LogP contribution in [0.25, 0.3) is 0 Å². The highest BCUT2D eigenvalue weighted by Crippen LogP contribution is 2.93. The van der Waals surface area contributed by atoms with Crippen LogP contribution in [-0.2, 0) is 9.47 Å². The number of rotatable bonds is 5. The van der Waals surface area contributed by atoms with Gasteiger partial charge in [-0.3, -0.25) is 4.90 Å². The molecule has 0 aromatic rings. The van der Waals surface area contributed by atoms with Crippen molar-refractivity contribution in [3.63, 3.8) is 0 Å². The fraction of sp³-hybridized carbons (Fsp3) is 0.935. The molecule has 3 unspecified atom stereocenters. The van der Waals surface area contributed by atoms with Gasteiger partial charge in [0.2, 0.25) is 0 Å². The zero-order chi connectivity index (χ0) is 24.5. The van der Waals surface area contributed by atoms with Crippen LogP contribution in [-0.4, -0.2) is 71.9 Å². The third-order valence-corrected chi connectivity index (χ3v) is 13.7. The van der Waals surface area contributed by atoms with Crippen molar-refractivity contribution in [3.05, 3.63) is 11.6 Å². The molecule has 2 heterocycles. The second-order valence-electron chi connectivity index (χ2n) is 14.8. The lowest BCUT2D eigenvalue weighted by molar-refractivity contribution is -0.211. The minimum absolute atomic E-state index is 0.113. The molecule has 12 atom stereocenters. The van der Waals surface area contributed by atoms with Gasteiger partial charge >= 0.3 is 0 Å². The van der Waals surface area contributed by atoms with Gasteiger partial charge in [-0.1, -0.05) is 25.5 Å². The number of hydrogen-bond donors (Lipinski definition) is 2. The van der Waals surface area contributed by atoms with Crippen LogP contribution in [0.1, 0.15) is 78.1 Å². The first-order chi connectivity index (χ1) is 17.4. The number of nitrogens with zero attached hydrogens (tertiary/aromatic N) is 1. The Morgan fingerprint density at radius 1 is 1.11 bits per heavy atom. The zero-order valence-electron chi connectivity index (χ0n) is 22.5. The summed E-state index contributed by atoms with van der Waals surface area (Å²) in [7, 11) is 0. The van der Waals surface area contributed by atoms with Crippen LogP contribution in [0.3, 0.4) is 0 Å². The highest BCUT2D eigenvalue weighted by Gasteiger charge is 2.91. The van der Waals surface area contributed by atoms with E-state index in [2.05, 4.69) is 24.8 Å². The van der Waals surface area contributed by atoms with E-state index in [1.807, 2.05) is 0 Å². The summed E-state index contributed by atoms with van der Waals surface area (Å²) in [6, 6.07) is 0.578. The molecule has 200 valence electrons. The zero-order valence-corrected chi connectivity index (χ0v) is 22.5. The molecule has 2 aliphatic heterocycles. The van der Waals surface area contributed by atoms with Crippen LogP contribution in [0.4, 0.5) is 0 Å². The van der Waals surface area contributed by atoms with E-state index >= 15 is 0 Å². The molecule has 8 rings (SSSR count). The minimum atomic E-state index is -0.205. The Hall–Kier alpha value is -0.460. The third-order valence-electron chi connectivity index (χ3n) is 13.7. The summed E-state index contributed by atoms with van der Waals surface area (Å²) in [4.78, 5) is 2.73. The molecule has 2 N–H and O–H groups in total. The van der Waals surface area contributed by atoms with Crippen molar-refractivity contribution in [2.75, 3.05) is 32.9 Å². The maximum absolute atomic E-state index is 10.4. The van der Waals surface area contributed by atoms with Gasteiger partial charge in [0.15, 0.2) is 0 Å². The normalized spacial score (nSPS) is 58.3. The van der Waals surface area contributed by atoms with E-state index in [0.29, 0.717) is 46.8 Å². The highest BCUT2D eigenvalue weighted by atomic mass is 16.5. The number of aliphatic hydroxyl groups is 2. The highest BCUT2D eigenvalue weighted by molar-refractivity contribution is 5.41. The Morgan fingerprint density at radius 3 is 2.86 bits per heavy atom. The lowest BCUT2D eigenvalue weighted by Crippen LogP contribution is -2.64. The molecule has 0 bridgehead atoms. The number of likely N-dealkylation sites (tertiary alicyclic amines) is 1. The third kappa shape index (κ3) is 2.66. The van der Waals surface area contributed by atoms with Gasteiger partial charge in [-0.25, -0.2) is 0 Å². The van der Waals surface area contributed by atoms with Gasteiger partial charge in [-0.2, -0.15) is 0 Å². The Labute approximate surface area is 217 Å². The van der Waals surface area contributed by atoms with Gasteiger partial charge in [0.05, 0.1) is 37.6 Å². The molecule has 0 aromatic carbocycles. The predicted octanol–water partition coefficient (Wildman–Crippen LogP) is 4.17. The summed E-state index contributed by atoms with van der Waals surface area (Å²) in [6.45, 7) is 8.41. The summed E-state index contributed by atoms with van der Waals surface area (Å²) in [6.07, 6.45) is 15.4. The molecule has 8 aliphatic rings. The van der Waals surface area contributed by atoms with Crippen LogP contribution < -0.4 is 0 Å². The molecular weight excluding hydrogens is 450 g/mol. The Balaban J connectivity index is 1.07. The molecule has 36 heavy (non-hydrogen) atoms. The second kappa shape index (κ2) is 7.59. The first-order valence-corrected chi connectivity index (χ1v) is 15.4. The van der Waals surface area contributed by atoms with E-state index in [-0.39, 0.29) is 18.3 Å². The van der Waals surface area contributed by atoms with Crippen molar-refractivity contribution in [3.8, 4) is 0 Å². The lowest BCUT2D eigenvalue weighted by Gasteiger charge is -2.60. The molecule has 5 heteroatoms. The monoisotopic (exact) mass is 497 g/mol. The van der Waals surface area contributed by atoms with Crippen molar-refractivity contribution in [1.29, 1.82) is 0 Å². The van der Waals surface area contributed by atoms with Crippen molar-refractivity contribution in [2.45, 2.75) is 102 Å². The van der Waals surface area contributed by atoms with Gasteiger partial charge in [-0.15, -0.1) is 0 Å². The lowest BCUT2D eigenvalue weighted by atomic mass is 9.47. The summed E-state index contributed by atoms with van der Waals surface area (Å²) >= 11 is 0. The largest absolute Gasteiger partial charge is 0.394 e. The van der Waals surface area contributed by atoms with Crippen LogP contribution in [0, 0.1) is 45.8 Å². The van der Waals surface area contributed by atoms with Crippen LogP contribution in [0.2, 0.25) is 0 Å². The van der Waals surface area contributed by atoms with Gasteiger partial charge in [0.25, 0.3) is 0 Å². The molecule has 7 fully saturated rings. The molecule has 3 spiro atoms. The van der Waals surface area contributed by atoms with E-state index in [1.54, 1.807) is 5.57 Å². The van der Waals surface area contributed by atoms with Crippen molar-refractivity contribution >= 4 is 0 Å². The molecule has 0 amide bonds. The molecule has 5 nitrogen and oxygen atoms in total. The quantitative estimate of drug-likeness (QED) is 0.441. The molecule has 6 aliphatic carbocycles. The van der Waals surface area contributed by atoms with Gasteiger partial charge in [0.1, 0.15) is 0 Å². The van der Waals surface area contributed by atoms with E-state index in [9.17, 15) is 5.11 Å². The van der Waals surface area contributed by atoms with E-state index in [0.717, 1.165) is 37.3 Å². The topological polar surface area (TPSA) is 62.2 Å². The summed E-state index contributed by atoms with van der Waals surface area (Å²) < 4.78 is 13.1. The molecule has 5 saturated carbocycles. The average Bonchev–Trinajstić information content (AvgIpc) is 3.33. The summed E-state index contributed by atoms with van der Waals surface area (Å²) in [5, 5.41) is 19.5. The Morgan fingerprint density at radius 2 is 2.00 bits per heavy atom.